The van der Waals surface area contributed by atoms with E-state index in [0.717, 1.165) is 0 Å². The molecule has 3 aromatic rings. The third-order valence-corrected chi connectivity index (χ3v) is 4.71. The molecule has 0 spiro atoms. The van der Waals surface area contributed by atoms with Gasteiger partial charge in [0.25, 0.3) is 11.5 Å². The van der Waals surface area contributed by atoms with E-state index >= 15 is 0 Å². The minimum Gasteiger partial charge on any atom is -0.339 e. The van der Waals surface area contributed by atoms with Gasteiger partial charge < -0.3 is 9.42 Å². The molecule has 0 radical (unpaired) electrons. The molecule has 0 aliphatic rings. The summed E-state index contributed by atoms with van der Waals surface area (Å²) < 4.78 is 19.8. The summed E-state index contributed by atoms with van der Waals surface area (Å²) in [5.41, 5.74) is 0.652. The Morgan fingerprint density at radius 1 is 1.23 bits per heavy atom. The number of carbonyl (C=O) groups is 1. The molecule has 0 bridgehead atoms. The first-order chi connectivity index (χ1) is 14.3. The molecule has 0 N–H and O–H groups in total. The number of halogens is 1. The summed E-state index contributed by atoms with van der Waals surface area (Å²) in [6, 6.07) is 7.22. The second-order valence-electron chi connectivity index (χ2n) is 7.55. The Bertz CT molecular complexity index is 1090. The van der Waals surface area contributed by atoms with Crippen molar-refractivity contribution in [3.05, 3.63) is 75.5 Å². The molecule has 0 saturated carbocycles. The number of hydrogen-bond donors (Lipinski definition) is 0. The lowest BCUT2D eigenvalue weighted by atomic mass is 10.1. The number of nitrogens with zero attached hydrogens (tertiary/aromatic N) is 4. The molecule has 0 saturated heterocycles. The van der Waals surface area contributed by atoms with Gasteiger partial charge in [0.05, 0.1) is 6.54 Å². The Morgan fingerprint density at radius 2 is 1.93 bits per heavy atom. The molecule has 2 aromatic heterocycles. The van der Waals surface area contributed by atoms with Gasteiger partial charge in [-0.15, -0.1) is 0 Å². The fourth-order valence-electron chi connectivity index (χ4n) is 3.13. The average Bonchev–Trinajstić information content (AvgIpc) is 3.13. The number of hydrogen-bond acceptors (Lipinski definition) is 5. The van der Waals surface area contributed by atoms with Gasteiger partial charge in [-0.25, -0.2) is 4.39 Å². The van der Waals surface area contributed by atoms with E-state index in [2.05, 4.69) is 24.0 Å². The summed E-state index contributed by atoms with van der Waals surface area (Å²) in [6.45, 7) is 8.15. The zero-order valence-corrected chi connectivity index (χ0v) is 17.6. The van der Waals surface area contributed by atoms with Gasteiger partial charge >= 0.3 is 0 Å². The predicted molar refractivity (Wildman–Crippen MR) is 110 cm³/mol. The first kappa shape index (κ1) is 21.4. The molecule has 3 rings (SSSR count). The molecule has 1 amide bonds. The van der Waals surface area contributed by atoms with E-state index in [0.29, 0.717) is 41.8 Å². The van der Waals surface area contributed by atoms with Gasteiger partial charge in [-0.3, -0.25) is 14.2 Å². The van der Waals surface area contributed by atoms with E-state index in [1.807, 2.05) is 6.92 Å². The van der Waals surface area contributed by atoms with Crippen molar-refractivity contribution in [3.8, 4) is 5.69 Å². The van der Waals surface area contributed by atoms with E-state index in [1.165, 1.54) is 33.7 Å². The molecule has 0 aliphatic carbocycles. The van der Waals surface area contributed by atoms with Crippen LogP contribution in [0.3, 0.4) is 0 Å². The van der Waals surface area contributed by atoms with Crippen LogP contribution in [0.15, 0.2) is 45.8 Å². The van der Waals surface area contributed by atoms with E-state index in [9.17, 15) is 14.0 Å². The van der Waals surface area contributed by atoms with E-state index < -0.39 is 17.3 Å². The Morgan fingerprint density at radius 3 is 2.57 bits per heavy atom. The maximum absolute atomic E-state index is 13.2. The number of pyridine rings is 1. The summed E-state index contributed by atoms with van der Waals surface area (Å²) in [5, 5.41) is 3.95. The summed E-state index contributed by atoms with van der Waals surface area (Å²) in [4.78, 5) is 32.1. The number of aromatic nitrogens is 3. The van der Waals surface area contributed by atoms with Crippen LogP contribution in [0.5, 0.6) is 0 Å². The van der Waals surface area contributed by atoms with Crippen molar-refractivity contribution in [2.75, 3.05) is 6.54 Å². The first-order valence-corrected chi connectivity index (χ1v) is 9.89. The van der Waals surface area contributed by atoms with Crippen LogP contribution >= 0.6 is 0 Å². The largest absolute Gasteiger partial charge is 0.339 e. The molecular weight excluding hydrogens is 387 g/mol. The lowest BCUT2D eigenvalue weighted by Gasteiger charge is -2.20. The van der Waals surface area contributed by atoms with E-state index in [4.69, 9.17) is 4.52 Å². The van der Waals surface area contributed by atoms with Crippen molar-refractivity contribution in [1.82, 2.24) is 19.6 Å². The van der Waals surface area contributed by atoms with Crippen LogP contribution in [0.1, 0.15) is 48.4 Å². The fourth-order valence-corrected chi connectivity index (χ4v) is 3.13. The van der Waals surface area contributed by atoms with Gasteiger partial charge in [0.1, 0.15) is 11.4 Å². The number of aryl methyl sites for hydroxylation is 1. The molecule has 0 atom stereocenters. The summed E-state index contributed by atoms with van der Waals surface area (Å²) in [6.07, 6.45) is 2.24. The highest BCUT2D eigenvalue weighted by Gasteiger charge is 2.23. The number of benzene rings is 1. The maximum atomic E-state index is 13.2. The molecular formula is C22H25FN4O3. The minimum atomic E-state index is -0.460. The van der Waals surface area contributed by atoms with Crippen molar-refractivity contribution in [2.45, 2.75) is 40.7 Å². The van der Waals surface area contributed by atoms with Gasteiger partial charge in [0.15, 0.2) is 5.82 Å². The Hall–Kier alpha value is -3.29. The Kier molecular flexibility index (Phi) is 6.44. The molecule has 0 fully saturated rings. The van der Waals surface area contributed by atoms with Crippen LogP contribution in [0.2, 0.25) is 0 Å². The van der Waals surface area contributed by atoms with Crippen LogP contribution in [0.25, 0.3) is 5.69 Å². The van der Waals surface area contributed by atoms with Crippen LogP contribution in [-0.2, 0) is 13.0 Å². The monoisotopic (exact) mass is 412 g/mol. The number of carbonyl (C=O) groups excluding carboxylic acids is 1. The highest BCUT2D eigenvalue weighted by molar-refractivity contribution is 5.95. The number of rotatable bonds is 7. The quantitative estimate of drug-likeness (QED) is 0.593. The van der Waals surface area contributed by atoms with Crippen molar-refractivity contribution >= 4 is 5.91 Å². The summed E-state index contributed by atoms with van der Waals surface area (Å²) >= 11 is 0. The second-order valence-corrected chi connectivity index (χ2v) is 7.55. The van der Waals surface area contributed by atoms with Gasteiger partial charge in [0.2, 0.25) is 5.89 Å². The predicted octanol–water partition coefficient (Wildman–Crippen LogP) is 3.53. The van der Waals surface area contributed by atoms with E-state index in [-0.39, 0.29) is 12.1 Å². The number of amides is 1. The van der Waals surface area contributed by atoms with Crippen LogP contribution in [0, 0.1) is 18.7 Å². The lowest BCUT2D eigenvalue weighted by Crippen LogP contribution is -2.37. The smallest absolute Gasteiger partial charge is 0.268 e. The normalized spacial score (nSPS) is 11.1. The molecule has 7 nitrogen and oxygen atoms in total. The SMILES string of the molecule is CCN(Cc1noc(CC(C)C)n1)C(=O)c1c(C)ccn(-c2ccc(F)cc2)c1=O. The lowest BCUT2D eigenvalue weighted by molar-refractivity contribution is 0.0744. The zero-order chi connectivity index (χ0) is 21.8. The highest BCUT2D eigenvalue weighted by Crippen LogP contribution is 2.13. The second kappa shape index (κ2) is 9.02. The van der Waals surface area contributed by atoms with Crippen molar-refractivity contribution < 1.29 is 13.7 Å². The molecule has 2 heterocycles. The van der Waals surface area contributed by atoms with Gasteiger partial charge in [-0.1, -0.05) is 19.0 Å². The van der Waals surface area contributed by atoms with Crippen molar-refractivity contribution in [3.63, 3.8) is 0 Å². The average molecular weight is 412 g/mol. The summed E-state index contributed by atoms with van der Waals surface area (Å²) in [5.74, 6) is 0.487. The topological polar surface area (TPSA) is 81.2 Å². The van der Waals surface area contributed by atoms with Crippen molar-refractivity contribution in [1.29, 1.82) is 0 Å². The van der Waals surface area contributed by atoms with E-state index in [1.54, 1.807) is 19.2 Å². The third-order valence-electron chi connectivity index (χ3n) is 4.71. The molecule has 0 unspecified atom stereocenters. The molecule has 0 aliphatic heterocycles. The molecule has 158 valence electrons. The minimum absolute atomic E-state index is 0.0644. The van der Waals surface area contributed by atoms with Gasteiger partial charge in [0, 0.05) is 24.8 Å². The van der Waals surface area contributed by atoms with Crippen LogP contribution in [-0.4, -0.2) is 32.1 Å². The van der Waals surface area contributed by atoms with Crippen molar-refractivity contribution in [2.24, 2.45) is 5.92 Å². The fraction of sp³-hybridized carbons (Fsp3) is 0.364. The maximum Gasteiger partial charge on any atom is 0.268 e. The van der Waals surface area contributed by atoms with Gasteiger partial charge in [-0.05, 0) is 55.7 Å². The Balaban J connectivity index is 1.90. The van der Waals surface area contributed by atoms with Gasteiger partial charge in [-0.2, -0.15) is 4.98 Å². The molecule has 1 aromatic carbocycles. The molecule has 30 heavy (non-hydrogen) atoms. The third kappa shape index (κ3) is 4.64. The molecule has 8 heteroatoms. The standard InChI is InChI=1S/C22H25FN4O3/c1-5-26(13-18-24-19(30-25-18)12-14(2)3)21(28)20-15(4)10-11-27(22(20)29)17-8-6-16(23)7-9-17/h6-11,14H,5,12-13H2,1-4H3. The van der Waals surface area contributed by atoms with Crippen LogP contribution in [0.4, 0.5) is 4.39 Å². The highest BCUT2D eigenvalue weighted by atomic mass is 19.1. The zero-order valence-electron chi connectivity index (χ0n) is 17.6. The van der Waals surface area contributed by atoms with Crippen LogP contribution < -0.4 is 5.56 Å². The first-order valence-electron chi connectivity index (χ1n) is 9.89. The summed E-state index contributed by atoms with van der Waals surface area (Å²) in [7, 11) is 0. The Labute approximate surface area is 174 Å².